The lowest BCUT2D eigenvalue weighted by atomic mass is 9.99. The number of aromatic amines is 1. The smallest absolute Gasteiger partial charge is 0.249 e. The summed E-state index contributed by atoms with van der Waals surface area (Å²) in [6.45, 7) is 1.70. The number of nitrogens with zero attached hydrogens (tertiary/aromatic N) is 4. The van der Waals surface area contributed by atoms with Crippen molar-refractivity contribution in [2.45, 2.75) is 0 Å². The Kier molecular flexibility index (Phi) is 6.30. The number of carbonyl (C=O) groups excluding carboxylic acids is 1. The first-order valence-corrected chi connectivity index (χ1v) is 13.3. The summed E-state index contributed by atoms with van der Waals surface area (Å²) in [4.78, 5) is 18.8. The van der Waals surface area contributed by atoms with E-state index in [1.165, 1.54) is 23.7 Å². The molecule has 0 saturated carbocycles. The molecule has 0 atom stereocenters. The number of H-pyrrole nitrogens is 1. The molecular weight excluding hydrogens is 499 g/mol. The molecule has 4 aromatic rings. The minimum atomic E-state index is -3.26. The molecular formula is C25H25FN6O4S. The SMILES string of the molecule is COc1cccc(F)c1-c1cc2c(-c3cc(N4CCN(S(C)(=O)=O)CC4)ccc3C(N)=O)n[nH]c2cn1. The number of hydrogen-bond donors (Lipinski definition) is 2. The summed E-state index contributed by atoms with van der Waals surface area (Å²) in [6, 6.07) is 11.5. The van der Waals surface area contributed by atoms with Crippen LogP contribution in [0, 0.1) is 5.82 Å². The van der Waals surface area contributed by atoms with Gasteiger partial charge >= 0.3 is 0 Å². The third-order valence-corrected chi connectivity index (χ3v) is 7.80. The van der Waals surface area contributed by atoms with Gasteiger partial charge in [-0.3, -0.25) is 14.9 Å². The first-order chi connectivity index (χ1) is 17.7. The van der Waals surface area contributed by atoms with E-state index in [1.54, 1.807) is 36.5 Å². The maximum Gasteiger partial charge on any atom is 0.249 e. The normalized spacial score (nSPS) is 14.7. The van der Waals surface area contributed by atoms with Gasteiger partial charge < -0.3 is 15.4 Å². The molecule has 0 bridgehead atoms. The summed E-state index contributed by atoms with van der Waals surface area (Å²) in [6.07, 6.45) is 2.75. The van der Waals surface area contributed by atoms with Gasteiger partial charge in [0.1, 0.15) is 17.3 Å². The first-order valence-electron chi connectivity index (χ1n) is 11.5. The van der Waals surface area contributed by atoms with Crippen LogP contribution in [0.25, 0.3) is 33.4 Å². The number of halogens is 1. The van der Waals surface area contributed by atoms with Crippen molar-refractivity contribution in [1.82, 2.24) is 19.5 Å². The van der Waals surface area contributed by atoms with Gasteiger partial charge in [0.15, 0.2) is 0 Å². The van der Waals surface area contributed by atoms with E-state index in [0.717, 1.165) is 5.69 Å². The second-order valence-electron chi connectivity index (χ2n) is 8.75. The molecule has 10 nitrogen and oxygen atoms in total. The van der Waals surface area contributed by atoms with Crippen LogP contribution in [0.15, 0.2) is 48.7 Å². The Morgan fingerprint density at radius 2 is 1.89 bits per heavy atom. The number of amides is 1. The Morgan fingerprint density at radius 3 is 2.57 bits per heavy atom. The van der Waals surface area contributed by atoms with E-state index in [-0.39, 0.29) is 11.1 Å². The fraction of sp³-hybridized carbons (Fsp3) is 0.240. The molecule has 0 radical (unpaired) electrons. The molecule has 2 aromatic heterocycles. The fourth-order valence-electron chi connectivity index (χ4n) is 4.60. The number of nitrogens with one attached hydrogen (secondary N) is 1. The maximum absolute atomic E-state index is 14.8. The lowest BCUT2D eigenvalue weighted by molar-refractivity contribution is 0.100. The highest BCUT2D eigenvalue weighted by atomic mass is 32.2. The summed E-state index contributed by atoms with van der Waals surface area (Å²) >= 11 is 0. The second-order valence-corrected chi connectivity index (χ2v) is 10.7. The number of benzene rings is 2. The molecule has 0 unspecified atom stereocenters. The average molecular weight is 525 g/mol. The first kappa shape index (κ1) is 24.7. The zero-order valence-electron chi connectivity index (χ0n) is 20.2. The van der Waals surface area contributed by atoms with E-state index in [1.807, 2.05) is 11.0 Å². The number of anilines is 1. The van der Waals surface area contributed by atoms with E-state index < -0.39 is 21.7 Å². The number of fused-ring (bicyclic) bond motifs is 1. The molecule has 1 amide bonds. The molecule has 0 aliphatic carbocycles. The van der Waals surface area contributed by atoms with Crippen LogP contribution in [0.5, 0.6) is 5.75 Å². The Hall–Kier alpha value is -4.03. The molecule has 0 spiro atoms. The second kappa shape index (κ2) is 9.45. The van der Waals surface area contributed by atoms with Crippen molar-refractivity contribution in [1.29, 1.82) is 0 Å². The Balaban J connectivity index is 1.59. The lowest BCUT2D eigenvalue weighted by Crippen LogP contribution is -2.48. The summed E-state index contributed by atoms with van der Waals surface area (Å²) < 4.78 is 45.3. The number of primary amides is 1. The molecule has 2 aromatic carbocycles. The van der Waals surface area contributed by atoms with Crippen LogP contribution >= 0.6 is 0 Å². The fourth-order valence-corrected chi connectivity index (χ4v) is 5.43. The van der Waals surface area contributed by atoms with Crippen molar-refractivity contribution in [2.75, 3.05) is 44.4 Å². The van der Waals surface area contributed by atoms with Crippen molar-refractivity contribution in [3.05, 3.63) is 60.0 Å². The average Bonchev–Trinajstić information content (AvgIpc) is 3.30. The Labute approximate surface area is 212 Å². The standard InChI is InChI=1S/C25H25FN6O4S/c1-36-22-5-3-4-19(26)23(22)20-13-18-21(14-28-20)29-30-24(18)17-12-15(6-7-16(17)25(27)33)31-8-10-32(11-9-31)37(2,34)35/h3-7,12-14H,8-11H2,1-2H3,(H2,27,33)(H,29,30). The van der Waals surface area contributed by atoms with Crippen LogP contribution in [0.4, 0.5) is 10.1 Å². The summed E-state index contributed by atoms with van der Waals surface area (Å²) in [5.74, 6) is -0.765. The molecule has 1 saturated heterocycles. The predicted octanol–water partition coefficient (Wildman–Crippen LogP) is 2.62. The number of ether oxygens (including phenoxy) is 1. The molecule has 1 aliphatic rings. The number of hydrogen-bond acceptors (Lipinski definition) is 7. The van der Waals surface area contributed by atoms with Crippen molar-refractivity contribution >= 4 is 32.5 Å². The molecule has 5 rings (SSSR count). The van der Waals surface area contributed by atoms with E-state index in [9.17, 15) is 17.6 Å². The van der Waals surface area contributed by atoms with Gasteiger partial charge in [0.2, 0.25) is 15.9 Å². The molecule has 3 N–H and O–H groups in total. The van der Waals surface area contributed by atoms with Crippen molar-refractivity contribution in [3.8, 4) is 28.3 Å². The number of sulfonamides is 1. The number of pyridine rings is 1. The zero-order valence-corrected chi connectivity index (χ0v) is 21.0. The van der Waals surface area contributed by atoms with Gasteiger partial charge in [-0.05, 0) is 36.4 Å². The van der Waals surface area contributed by atoms with Gasteiger partial charge in [-0.2, -0.15) is 9.40 Å². The largest absolute Gasteiger partial charge is 0.496 e. The van der Waals surface area contributed by atoms with Gasteiger partial charge in [0.05, 0.1) is 36.3 Å². The highest BCUT2D eigenvalue weighted by molar-refractivity contribution is 7.88. The van der Waals surface area contributed by atoms with Gasteiger partial charge in [-0.25, -0.2) is 12.8 Å². The molecule has 37 heavy (non-hydrogen) atoms. The van der Waals surface area contributed by atoms with Gasteiger partial charge in [-0.15, -0.1) is 0 Å². The van der Waals surface area contributed by atoms with Crippen LogP contribution in [0.3, 0.4) is 0 Å². The van der Waals surface area contributed by atoms with Crippen LogP contribution < -0.4 is 15.4 Å². The van der Waals surface area contributed by atoms with Crippen molar-refractivity contribution in [3.63, 3.8) is 0 Å². The van der Waals surface area contributed by atoms with Gasteiger partial charge in [0, 0.05) is 48.4 Å². The third-order valence-electron chi connectivity index (χ3n) is 6.50. The Bertz CT molecular complexity index is 1610. The minimum absolute atomic E-state index is 0.215. The monoisotopic (exact) mass is 524 g/mol. The lowest BCUT2D eigenvalue weighted by Gasteiger charge is -2.35. The van der Waals surface area contributed by atoms with Gasteiger partial charge in [-0.1, -0.05) is 6.07 Å². The van der Waals surface area contributed by atoms with Crippen LogP contribution in [0.1, 0.15) is 10.4 Å². The topological polar surface area (TPSA) is 135 Å². The van der Waals surface area contributed by atoms with Crippen LogP contribution in [-0.4, -0.2) is 73.4 Å². The third kappa shape index (κ3) is 4.60. The summed E-state index contributed by atoms with van der Waals surface area (Å²) in [7, 11) is -1.80. The van der Waals surface area contributed by atoms with Crippen molar-refractivity contribution in [2.24, 2.45) is 5.73 Å². The molecule has 3 heterocycles. The highest BCUT2D eigenvalue weighted by Gasteiger charge is 2.25. The summed E-state index contributed by atoms with van der Waals surface area (Å²) in [5, 5.41) is 7.98. The van der Waals surface area contributed by atoms with Crippen molar-refractivity contribution < 1.29 is 22.3 Å². The van der Waals surface area contributed by atoms with Crippen LogP contribution in [0.2, 0.25) is 0 Å². The summed E-state index contributed by atoms with van der Waals surface area (Å²) in [5.41, 5.74) is 8.88. The number of methoxy groups -OCH3 is 1. The Morgan fingerprint density at radius 1 is 1.14 bits per heavy atom. The van der Waals surface area contributed by atoms with E-state index in [0.29, 0.717) is 59.8 Å². The number of aromatic nitrogens is 3. The molecule has 12 heteroatoms. The molecule has 1 fully saturated rings. The van der Waals surface area contributed by atoms with E-state index in [2.05, 4.69) is 15.2 Å². The number of nitrogens with two attached hydrogens (primary N) is 1. The van der Waals surface area contributed by atoms with E-state index >= 15 is 0 Å². The molecule has 1 aliphatic heterocycles. The number of rotatable bonds is 6. The van der Waals surface area contributed by atoms with E-state index in [4.69, 9.17) is 10.5 Å². The maximum atomic E-state index is 14.8. The van der Waals surface area contributed by atoms with Gasteiger partial charge in [0.25, 0.3) is 0 Å². The number of piperazine rings is 1. The predicted molar refractivity (Wildman–Crippen MR) is 138 cm³/mol. The highest BCUT2D eigenvalue weighted by Crippen LogP contribution is 2.36. The molecule has 192 valence electrons. The zero-order chi connectivity index (χ0) is 26.3. The minimum Gasteiger partial charge on any atom is -0.496 e. The number of carbonyl (C=O) groups is 1. The van der Waals surface area contributed by atoms with Crippen LogP contribution in [-0.2, 0) is 10.0 Å². The quantitative estimate of drug-likeness (QED) is 0.396.